The van der Waals surface area contributed by atoms with Gasteiger partial charge in [-0.15, -0.1) is 0 Å². The summed E-state index contributed by atoms with van der Waals surface area (Å²) < 4.78 is 0. The number of thioether (sulfide) groups is 1. The Morgan fingerprint density at radius 1 is 1.47 bits per heavy atom. The fraction of sp³-hybridized carbons (Fsp3) is 0.909. The molecule has 3 unspecified atom stereocenters. The van der Waals surface area contributed by atoms with Crippen molar-refractivity contribution in [3.63, 3.8) is 0 Å². The van der Waals surface area contributed by atoms with Crippen molar-refractivity contribution in [3.05, 3.63) is 0 Å². The molecule has 0 bridgehead atoms. The maximum atomic E-state index is 12.2. The van der Waals surface area contributed by atoms with Crippen LogP contribution in [0, 0.1) is 5.92 Å². The van der Waals surface area contributed by atoms with Gasteiger partial charge in [0.1, 0.15) is 0 Å². The minimum absolute atomic E-state index is 0.284. The van der Waals surface area contributed by atoms with Crippen LogP contribution >= 0.6 is 11.8 Å². The molecule has 0 saturated carbocycles. The molecule has 0 aromatic heterocycles. The third kappa shape index (κ3) is 2.48. The van der Waals surface area contributed by atoms with E-state index in [1.165, 1.54) is 0 Å². The number of hydrogen-bond acceptors (Lipinski definition) is 3. The highest BCUT2D eigenvalue weighted by molar-refractivity contribution is 7.99. The number of likely N-dealkylation sites (tertiary alicyclic amines) is 1. The summed E-state index contributed by atoms with van der Waals surface area (Å²) in [6.07, 6.45) is 3.00. The van der Waals surface area contributed by atoms with Gasteiger partial charge in [-0.05, 0) is 31.9 Å². The van der Waals surface area contributed by atoms with Crippen LogP contribution in [0.3, 0.4) is 0 Å². The lowest BCUT2D eigenvalue weighted by Crippen LogP contribution is -2.50. The molecule has 0 spiro atoms. The van der Waals surface area contributed by atoms with Gasteiger partial charge < -0.3 is 10.6 Å². The highest BCUT2D eigenvalue weighted by Gasteiger charge is 2.32. The van der Waals surface area contributed by atoms with Crippen LogP contribution in [0.15, 0.2) is 0 Å². The Labute approximate surface area is 95.8 Å². The van der Waals surface area contributed by atoms with E-state index in [0.717, 1.165) is 37.3 Å². The third-order valence-electron chi connectivity index (χ3n) is 3.48. The quantitative estimate of drug-likeness (QED) is 0.730. The average Bonchev–Trinajstić information content (AvgIpc) is 2.69. The van der Waals surface area contributed by atoms with Gasteiger partial charge in [-0.25, -0.2) is 0 Å². The van der Waals surface area contributed by atoms with Crippen LogP contribution in [0.1, 0.15) is 26.2 Å². The summed E-state index contributed by atoms with van der Waals surface area (Å²) in [6, 6.07) is 0.633. The monoisotopic (exact) mass is 228 g/mol. The number of nitrogens with zero attached hydrogens (tertiary/aromatic N) is 1. The molecule has 2 rings (SSSR count). The lowest BCUT2D eigenvalue weighted by molar-refractivity contribution is -0.138. The molecule has 2 heterocycles. The molecule has 2 saturated heterocycles. The number of carbonyl (C=O) groups excluding carboxylic acids is 1. The van der Waals surface area contributed by atoms with E-state index in [1.54, 1.807) is 0 Å². The summed E-state index contributed by atoms with van der Waals surface area (Å²) >= 11 is 1.90. The number of carbonyl (C=O) groups is 1. The topological polar surface area (TPSA) is 46.3 Å². The van der Waals surface area contributed by atoms with Gasteiger partial charge in [-0.1, -0.05) is 0 Å². The molecule has 2 N–H and O–H groups in total. The molecular formula is C11H20N2OS. The van der Waals surface area contributed by atoms with Crippen molar-refractivity contribution in [1.82, 2.24) is 4.90 Å². The first-order valence-electron chi connectivity index (χ1n) is 5.82. The molecule has 2 aliphatic rings. The first kappa shape index (κ1) is 11.3. The van der Waals surface area contributed by atoms with Crippen LogP contribution in [0.4, 0.5) is 0 Å². The summed E-state index contributed by atoms with van der Waals surface area (Å²) in [5.74, 6) is 2.83. The summed E-state index contributed by atoms with van der Waals surface area (Å²) in [7, 11) is 0. The number of hydrogen-bond donors (Lipinski definition) is 1. The molecular weight excluding hydrogens is 208 g/mol. The van der Waals surface area contributed by atoms with Gasteiger partial charge in [0.25, 0.3) is 0 Å². The Bertz CT molecular complexity index is 241. The van der Waals surface area contributed by atoms with Crippen LogP contribution in [0.5, 0.6) is 0 Å². The van der Waals surface area contributed by atoms with Gasteiger partial charge in [0.05, 0.1) is 0 Å². The molecule has 0 radical (unpaired) electrons. The highest BCUT2D eigenvalue weighted by Crippen LogP contribution is 2.27. The number of amides is 1. The van der Waals surface area contributed by atoms with Gasteiger partial charge in [-0.2, -0.15) is 11.8 Å². The van der Waals surface area contributed by atoms with Crippen LogP contribution in [0.2, 0.25) is 0 Å². The Balaban J connectivity index is 1.94. The minimum atomic E-state index is 0.284. The molecule has 2 fully saturated rings. The first-order chi connectivity index (χ1) is 7.18. The van der Waals surface area contributed by atoms with E-state index in [1.807, 2.05) is 11.8 Å². The van der Waals surface area contributed by atoms with Gasteiger partial charge in [-0.3, -0.25) is 4.79 Å². The van der Waals surface area contributed by atoms with E-state index >= 15 is 0 Å². The Kier molecular flexibility index (Phi) is 3.57. The van der Waals surface area contributed by atoms with E-state index in [4.69, 9.17) is 5.73 Å². The second-order valence-corrected chi connectivity index (χ2v) is 5.88. The van der Waals surface area contributed by atoms with Crippen molar-refractivity contribution in [2.75, 3.05) is 18.1 Å². The fourth-order valence-electron chi connectivity index (χ4n) is 2.50. The molecule has 1 amide bonds. The van der Waals surface area contributed by atoms with Gasteiger partial charge in [0.2, 0.25) is 5.91 Å². The van der Waals surface area contributed by atoms with Crippen LogP contribution in [-0.4, -0.2) is 40.9 Å². The average molecular weight is 228 g/mol. The molecule has 15 heavy (non-hydrogen) atoms. The molecule has 4 heteroatoms. The maximum Gasteiger partial charge on any atom is 0.226 e. The summed E-state index contributed by atoms with van der Waals surface area (Å²) in [4.78, 5) is 14.2. The maximum absolute atomic E-state index is 12.2. The Morgan fingerprint density at radius 3 is 2.87 bits per heavy atom. The third-order valence-corrected chi connectivity index (χ3v) is 4.64. The van der Waals surface area contributed by atoms with E-state index in [2.05, 4.69) is 11.8 Å². The zero-order valence-electron chi connectivity index (χ0n) is 9.32. The lowest BCUT2D eigenvalue weighted by Gasteiger charge is -2.37. The zero-order valence-corrected chi connectivity index (χ0v) is 10.1. The van der Waals surface area contributed by atoms with E-state index in [0.29, 0.717) is 18.0 Å². The largest absolute Gasteiger partial charge is 0.340 e. The summed E-state index contributed by atoms with van der Waals surface area (Å²) in [5, 5.41) is 0. The second kappa shape index (κ2) is 4.74. The minimum Gasteiger partial charge on any atom is -0.340 e. The van der Waals surface area contributed by atoms with Crippen molar-refractivity contribution in [1.29, 1.82) is 0 Å². The molecule has 0 aliphatic carbocycles. The molecule has 3 atom stereocenters. The van der Waals surface area contributed by atoms with Crippen molar-refractivity contribution in [3.8, 4) is 0 Å². The number of rotatable bonds is 1. The predicted octanol–water partition coefficient (Wildman–Crippen LogP) is 1.08. The molecule has 0 aromatic rings. The SMILES string of the molecule is CC1CC(N)CCN1C(=O)C1CCSC1. The molecule has 3 nitrogen and oxygen atoms in total. The van der Waals surface area contributed by atoms with E-state index < -0.39 is 0 Å². The highest BCUT2D eigenvalue weighted by atomic mass is 32.2. The number of nitrogens with two attached hydrogens (primary N) is 1. The van der Waals surface area contributed by atoms with Crippen molar-refractivity contribution in [2.24, 2.45) is 11.7 Å². The Morgan fingerprint density at radius 2 is 2.27 bits per heavy atom. The lowest BCUT2D eigenvalue weighted by atomic mass is 9.96. The first-order valence-corrected chi connectivity index (χ1v) is 6.97. The zero-order chi connectivity index (χ0) is 10.8. The van der Waals surface area contributed by atoms with Gasteiger partial charge in [0.15, 0.2) is 0 Å². The van der Waals surface area contributed by atoms with Crippen molar-refractivity contribution >= 4 is 17.7 Å². The van der Waals surface area contributed by atoms with E-state index in [9.17, 15) is 4.79 Å². The van der Waals surface area contributed by atoms with Crippen LogP contribution in [0.25, 0.3) is 0 Å². The normalized spacial score (nSPS) is 36.9. The van der Waals surface area contributed by atoms with Crippen molar-refractivity contribution in [2.45, 2.75) is 38.3 Å². The predicted molar refractivity (Wildman–Crippen MR) is 63.8 cm³/mol. The van der Waals surface area contributed by atoms with Gasteiger partial charge >= 0.3 is 0 Å². The van der Waals surface area contributed by atoms with Crippen molar-refractivity contribution < 1.29 is 4.79 Å². The molecule has 86 valence electrons. The Hall–Kier alpha value is -0.220. The fourth-order valence-corrected chi connectivity index (χ4v) is 3.71. The second-order valence-electron chi connectivity index (χ2n) is 4.73. The molecule has 2 aliphatic heterocycles. The van der Waals surface area contributed by atoms with Gasteiger partial charge in [0, 0.05) is 30.3 Å². The van der Waals surface area contributed by atoms with E-state index in [-0.39, 0.29) is 5.92 Å². The van der Waals surface area contributed by atoms with Crippen LogP contribution in [-0.2, 0) is 4.79 Å². The molecule has 0 aromatic carbocycles. The summed E-state index contributed by atoms with van der Waals surface area (Å²) in [6.45, 7) is 2.99. The standard InChI is InChI=1S/C11H20N2OS/c1-8-6-10(12)2-4-13(8)11(14)9-3-5-15-7-9/h8-10H,2-7,12H2,1H3. The number of piperidine rings is 1. The summed E-state index contributed by atoms with van der Waals surface area (Å²) in [5.41, 5.74) is 5.90. The van der Waals surface area contributed by atoms with Crippen LogP contribution < -0.4 is 5.73 Å². The smallest absolute Gasteiger partial charge is 0.226 e.